The average Bonchev–Trinajstić information content (AvgIpc) is 2.91. The second-order valence-corrected chi connectivity index (χ2v) is 7.18. The maximum absolute atomic E-state index is 12.7. The van der Waals surface area contributed by atoms with E-state index in [1.54, 1.807) is 26.0 Å². The van der Waals surface area contributed by atoms with E-state index in [0.29, 0.717) is 17.7 Å². The van der Waals surface area contributed by atoms with E-state index >= 15 is 0 Å². The lowest BCUT2D eigenvalue weighted by Crippen LogP contribution is -2.30. The van der Waals surface area contributed by atoms with E-state index in [1.165, 1.54) is 11.4 Å². The first-order chi connectivity index (χ1) is 9.77. The van der Waals surface area contributed by atoms with Crippen LogP contribution in [0.3, 0.4) is 0 Å². The van der Waals surface area contributed by atoms with Gasteiger partial charge in [-0.1, -0.05) is 0 Å². The molecule has 2 rings (SSSR count). The summed E-state index contributed by atoms with van der Waals surface area (Å²) >= 11 is 0. The van der Waals surface area contributed by atoms with E-state index in [2.05, 4.69) is 0 Å². The second kappa shape index (κ2) is 5.65. The van der Waals surface area contributed by atoms with Crippen LogP contribution < -0.4 is 4.74 Å². The van der Waals surface area contributed by atoms with Crippen molar-refractivity contribution in [3.8, 4) is 5.75 Å². The lowest BCUT2D eigenvalue weighted by atomic mass is 10.1. The Bertz CT molecular complexity index is 668. The molecule has 1 aliphatic heterocycles. The topological polar surface area (TPSA) is 83.9 Å². The van der Waals surface area contributed by atoms with Crippen molar-refractivity contribution in [2.75, 3.05) is 20.2 Å². The van der Waals surface area contributed by atoms with E-state index in [-0.39, 0.29) is 18.0 Å². The van der Waals surface area contributed by atoms with Gasteiger partial charge < -0.3 is 9.84 Å². The summed E-state index contributed by atoms with van der Waals surface area (Å²) in [6.45, 7) is 3.76. The lowest BCUT2D eigenvalue weighted by Gasteiger charge is -2.19. The van der Waals surface area contributed by atoms with E-state index in [1.807, 2.05) is 0 Å². The Morgan fingerprint density at radius 3 is 2.52 bits per heavy atom. The Morgan fingerprint density at radius 2 is 2.00 bits per heavy atom. The fraction of sp³-hybridized carbons (Fsp3) is 0.500. The Labute approximate surface area is 124 Å². The molecule has 1 heterocycles. The minimum absolute atomic E-state index is 0.0299. The van der Waals surface area contributed by atoms with Crippen LogP contribution in [0, 0.1) is 19.8 Å². The number of benzene rings is 1. The van der Waals surface area contributed by atoms with Gasteiger partial charge in [0.1, 0.15) is 5.75 Å². The van der Waals surface area contributed by atoms with Gasteiger partial charge in [-0.2, -0.15) is 4.31 Å². The highest BCUT2D eigenvalue weighted by atomic mass is 32.2. The smallest absolute Gasteiger partial charge is 0.307 e. The molecular formula is C14H19NO5S. The Kier molecular flexibility index (Phi) is 4.25. The number of aryl methyl sites for hydroxylation is 2. The molecule has 1 aliphatic rings. The van der Waals surface area contributed by atoms with Gasteiger partial charge in [-0.3, -0.25) is 4.79 Å². The third-order valence-electron chi connectivity index (χ3n) is 3.81. The summed E-state index contributed by atoms with van der Waals surface area (Å²) in [7, 11) is -2.13. The molecule has 0 saturated carbocycles. The molecule has 0 aromatic heterocycles. The molecule has 0 bridgehead atoms. The molecule has 1 unspecified atom stereocenters. The fourth-order valence-corrected chi connectivity index (χ4v) is 4.34. The van der Waals surface area contributed by atoms with Gasteiger partial charge in [-0.05, 0) is 43.5 Å². The number of carboxylic acids is 1. The molecule has 1 N–H and O–H groups in total. The van der Waals surface area contributed by atoms with Crippen LogP contribution in [0.1, 0.15) is 17.5 Å². The van der Waals surface area contributed by atoms with Gasteiger partial charge in [0.15, 0.2) is 0 Å². The van der Waals surface area contributed by atoms with Gasteiger partial charge in [0.05, 0.1) is 17.9 Å². The van der Waals surface area contributed by atoms with Crippen LogP contribution in [-0.4, -0.2) is 44.0 Å². The lowest BCUT2D eigenvalue weighted by molar-refractivity contribution is -0.141. The van der Waals surface area contributed by atoms with Crippen molar-refractivity contribution in [3.05, 3.63) is 23.3 Å². The zero-order valence-corrected chi connectivity index (χ0v) is 13.1. The minimum atomic E-state index is -3.67. The maximum atomic E-state index is 12.7. The van der Waals surface area contributed by atoms with Crippen LogP contribution in [0.25, 0.3) is 0 Å². The molecule has 21 heavy (non-hydrogen) atoms. The number of ether oxygens (including phenoxy) is 1. The van der Waals surface area contributed by atoms with Gasteiger partial charge in [-0.15, -0.1) is 0 Å². The third kappa shape index (κ3) is 2.89. The SMILES string of the molecule is COc1cc(C)c(S(=O)(=O)N2CCC(C(=O)O)C2)cc1C. The number of methoxy groups -OCH3 is 1. The van der Waals surface area contributed by atoms with Gasteiger partial charge in [-0.25, -0.2) is 8.42 Å². The highest BCUT2D eigenvalue weighted by Gasteiger charge is 2.36. The predicted molar refractivity (Wildman–Crippen MR) is 77.0 cm³/mol. The largest absolute Gasteiger partial charge is 0.496 e. The molecule has 0 amide bonds. The summed E-state index contributed by atoms with van der Waals surface area (Å²) < 4.78 is 31.8. The number of nitrogens with zero attached hydrogens (tertiary/aromatic N) is 1. The van der Waals surface area contributed by atoms with Crippen LogP contribution >= 0.6 is 0 Å². The fourth-order valence-electron chi connectivity index (χ4n) is 2.55. The number of hydrogen-bond donors (Lipinski definition) is 1. The molecule has 7 heteroatoms. The molecule has 1 aromatic rings. The van der Waals surface area contributed by atoms with Crippen molar-refractivity contribution in [1.29, 1.82) is 0 Å². The first kappa shape index (κ1) is 15.8. The van der Waals surface area contributed by atoms with Crippen molar-refractivity contribution >= 4 is 16.0 Å². The Balaban J connectivity index is 2.37. The van der Waals surface area contributed by atoms with Crippen LogP contribution in [0.4, 0.5) is 0 Å². The molecule has 1 saturated heterocycles. The van der Waals surface area contributed by atoms with Crippen molar-refractivity contribution in [3.63, 3.8) is 0 Å². The molecule has 116 valence electrons. The summed E-state index contributed by atoms with van der Waals surface area (Å²) in [6.07, 6.45) is 0.350. The molecule has 1 fully saturated rings. The number of carboxylic acid groups (broad SMARTS) is 1. The molecule has 1 aromatic carbocycles. The van der Waals surface area contributed by atoms with Crippen molar-refractivity contribution < 1.29 is 23.1 Å². The molecule has 0 aliphatic carbocycles. The van der Waals surface area contributed by atoms with Crippen LogP contribution in [0.5, 0.6) is 5.75 Å². The quantitative estimate of drug-likeness (QED) is 0.908. The van der Waals surface area contributed by atoms with E-state index < -0.39 is 21.9 Å². The molecule has 0 spiro atoms. The summed E-state index contributed by atoms with van der Waals surface area (Å²) in [5, 5.41) is 9.00. The molecule has 6 nitrogen and oxygen atoms in total. The van der Waals surface area contributed by atoms with E-state index in [4.69, 9.17) is 9.84 Å². The van der Waals surface area contributed by atoms with Crippen LogP contribution in [-0.2, 0) is 14.8 Å². The third-order valence-corrected chi connectivity index (χ3v) is 5.82. The number of sulfonamides is 1. The standard InChI is InChI=1S/C14H19NO5S/c1-9-7-13(10(2)6-12(9)20-3)21(18,19)15-5-4-11(8-15)14(16)17/h6-7,11H,4-5,8H2,1-3H3,(H,16,17). The van der Waals surface area contributed by atoms with Crippen LogP contribution in [0.15, 0.2) is 17.0 Å². The summed E-state index contributed by atoms with van der Waals surface area (Å²) in [5.74, 6) is -0.939. The molecule has 0 radical (unpaired) electrons. The average molecular weight is 313 g/mol. The van der Waals surface area contributed by atoms with Crippen molar-refractivity contribution in [1.82, 2.24) is 4.31 Å². The maximum Gasteiger partial charge on any atom is 0.307 e. The van der Waals surface area contributed by atoms with Crippen molar-refractivity contribution in [2.45, 2.75) is 25.2 Å². The number of rotatable bonds is 4. The predicted octanol–water partition coefficient (Wildman–Crippen LogP) is 1.41. The van der Waals surface area contributed by atoms with Gasteiger partial charge >= 0.3 is 5.97 Å². The highest BCUT2D eigenvalue weighted by molar-refractivity contribution is 7.89. The number of aliphatic carboxylic acids is 1. The first-order valence-corrected chi connectivity index (χ1v) is 8.09. The summed E-state index contributed by atoms with van der Waals surface area (Å²) in [5.41, 5.74) is 1.33. The van der Waals surface area contributed by atoms with E-state index in [9.17, 15) is 13.2 Å². The zero-order valence-electron chi connectivity index (χ0n) is 12.3. The minimum Gasteiger partial charge on any atom is -0.496 e. The first-order valence-electron chi connectivity index (χ1n) is 6.65. The van der Waals surface area contributed by atoms with Crippen LogP contribution in [0.2, 0.25) is 0 Å². The second-order valence-electron chi connectivity index (χ2n) is 5.27. The monoisotopic (exact) mass is 313 g/mol. The molecular weight excluding hydrogens is 294 g/mol. The van der Waals surface area contributed by atoms with Gasteiger partial charge in [0.25, 0.3) is 0 Å². The summed E-state index contributed by atoms with van der Waals surface area (Å²) in [4.78, 5) is 11.2. The normalized spacial score (nSPS) is 19.7. The van der Waals surface area contributed by atoms with E-state index in [0.717, 1.165) is 5.56 Å². The van der Waals surface area contributed by atoms with Crippen molar-refractivity contribution in [2.24, 2.45) is 5.92 Å². The molecule has 1 atom stereocenters. The number of carbonyl (C=O) groups is 1. The van der Waals surface area contributed by atoms with Gasteiger partial charge in [0.2, 0.25) is 10.0 Å². The number of hydrogen-bond acceptors (Lipinski definition) is 4. The zero-order chi connectivity index (χ0) is 15.8. The Morgan fingerprint density at radius 1 is 1.33 bits per heavy atom. The highest BCUT2D eigenvalue weighted by Crippen LogP contribution is 2.30. The Hall–Kier alpha value is -1.60. The van der Waals surface area contributed by atoms with Gasteiger partial charge in [0, 0.05) is 13.1 Å². The summed E-state index contributed by atoms with van der Waals surface area (Å²) in [6, 6.07) is 3.27.